The first-order valence-electron chi connectivity index (χ1n) is 6.74. The molecule has 0 bridgehead atoms. The molecule has 0 spiro atoms. The maximum Gasteiger partial charge on any atom is 0.216 e. The number of benzene rings is 1. The van der Waals surface area contributed by atoms with E-state index in [-0.39, 0.29) is 5.82 Å². The highest BCUT2D eigenvalue weighted by molar-refractivity contribution is 7.71. The molecule has 3 rings (SSSR count). The molecule has 5 nitrogen and oxygen atoms in total. The molecule has 0 amide bonds. The monoisotopic (exact) mass is 316 g/mol. The van der Waals surface area contributed by atoms with Crippen LogP contribution in [0.15, 0.2) is 45.9 Å². The van der Waals surface area contributed by atoms with Crippen molar-refractivity contribution in [2.75, 3.05) is 0 Å². The van der Waals surface area contributed by atoms with Crippen LogP contribution in [0.3, 0.4) is 0 Å². The van der Waals surface area contributed by atoms with Gasteiger partial charge in [0.1, 0.15) is 17.3 Å². The van der Waals surface area contributed by atoms with E-state index < -0.39 is 0 Å². The molecule has 1 N–H and O–H groups in total. The number of aryl methyl sites for hydroxylation is 1. The zero-order valence-electron chi connectivity index (χ0n) is 11.8. The second kappa shape index (κ2) is 6.07. The van der Waals surface area contributed by atoms with E-state index in [4.69, 9.17) is 16.6 Å². The molecule has 0 atom stereocenters. The number of aromatic amines is 1. The Hall–Kier alpha value is -2.54. The van der Waals surface area contributed by atoms with Crippen LogP contribution in [0.25, 0.3) is 11.3 Å². The molecular weight excluding hydrogens is 303 g/mol. The van der Waals surface area contributed by atoms with Gasteiger partial charge in [-0.3, -0.25) is 5.10 Å². The van der Waals surface area contributed by atoms with Gasteiger partial charge in [-0.2, -0.15) is 14.9 Å². The van der Waals surface area contributed by atoms with Gasteiger partial charge in [0.05, 0.1) is 6.21 Å². The summed E-state index contributed by atoms with van der Waals surface area (Å²) >= 11 is 5.11. The van der Waals surface area contributed by atoms with Crippen molar-refractivity contribution < 1.29 is 8.81 Å². The molecule has 0 saturated heterocycles. The average molecular weight is 316 g/mol. The van der Waals surface area contributed by atoms with Crippen molar-refractivity contribution in [1.29, 1.82) is 0 Å². The fraction of sp³-hybridized carbons (Fsp3) is 0.133. The molecule has 0 fully saturated rings. The van der Waals surface area contributed by atoms with Gasteiger partial charge in [0, 0.05) is 12.0 Å². The summed E-state index contributed by atoms with van der Waals surface area (Å²) in [6.07, 6.45) is 2.28. The molecule has 0 aliphatic rings. The lowest BCUT2D eigenvalue weighted by atomic mass is 10.2. The SMILES string of the molecule is CCc1n[nH]c(=S)n1/N=C\c1ccc(-c2ccc(F)cc2)o1. The van der Waals surface area contributed by atoms with Crippen LogP contribution >= 0.6 is 12.2 Å². The summed E-state index contributed by atoms with van der Waals surface area (Å²) < 4.78 is 20.6. The van der Waals surface area contributed by atoms with Crippen molar-refractivity contribution in [3.63, 3.8) is 0 Å². The molecule has 0 unspecified atom stereocenters. The third-order valence-corrected chi connectivity index (χ3v) is 3.35. The van der Waals surface area contributed by atoms with Gasteiger partial charge in [-0.05, 0) is 48.6 Å². The van der Waals surface area contributed by atoms with Gasteiger partial charge in [-0.15, -0.1) is 0 Å². The first kappa shape index (κ1) is 14.4. The first-order valence-corrected chi connectivity index (χ1v) is 7.14. The van der Waals surface area contributed by atoms with Crippen LogP contribution < -0.4 is 0 Å². The lowest BCUT2D eigenvalue weighted by Crippen LogP contribution is -1.96. The molecule has 22 heavy (non-hydrogen) atoms. The van der Waals surface area contributed by atoms with Gasteiger partial charge in [0.25, 0.3) is 0 Å². The Morgan fingerprint density at radius 1 is 1.32 bits per heavy atom. The molecule has 0 aliphatic carbocycles. The van der Waals surface area contributed by atoms with E-state index in [0.29, 0.717) is 22.7 Å². The van der Waals surface area contributed by atoms with E-state index >= 15 is 0 Å². The maximum absolute atomic E-state index is 12.9. The van der Waals surface area contributed by atoms with Crippen LogP contribution in [-0.2, 0) is 6.42 Å². The number of rotatable bonds is 4. The summed E-state index contributed by atoms with van der Waals surface area (Å²) in [5, 5.41) is 11.0. The molecule has 112 valence electrons. The Bertz CT molecular complexity index is 860. The Balaban J connectivity index is 1.85. The van der Waals surface area contributed by atoms with Gasteiger partial charge in [0.15, 0.2) is 5.82 Å². The smallest absolute Gasteiger partial charge is 0.216 e. The lowest BCUT2D eigenvalue weighted by molar-refractivity contribution is 0.573. The fourth-order valence-electron chi connectivity index (χ4n) is 1.98. The van der Waals surface area contributed by atoms with Crippen molar-refractivity contribution in [1.82, 2.24) is 14.9 Å². The molecule has 1 aromatic carbocycles. The van der Waals surface area contributed by atoms with Crippen molar-refractivity contribution in [3.8, 4) is 11.3 Å². The number of nitrogens with one attached hydrogen (secondary N) is 1. The number of nitrogens with zero attached hydrogens (tertiary/aromatic N) is 3. The molecule has 7 heteroatoms. The number of furan rings is 1. The second-order valence-corrected chi connectivity index (χ2v) is 4.95. The van der Waals surface area contributed by atoms with Crippen molar-refractivity contribution in [2.24, 2.45) is 5.10 Å². The van der Waals surface area contributed by atoms with E-state index in [9.17, 15) is 4.39 Å². The summed E-state index contributed by atoms with van der Waals surface area (Å²) in [6, 6.07) is 9.71. The quantitative estimate of drug-likeness (QED) is 0.588. The van der Waals surface area contributed by atoms with Crippen molar-refractivity contribution in [3.05, 3.63) is 58.6 Å². The second-order valence-electron chi connectivity index (χ2n) is 4.56. The maximum atomic E-state index is 12.9. The number of hydrogen-bond acceptors (Lipinski definition) is 4. The Labute approximate surface area is 131 Å². The Morgan fingerprint density at radius 3 is 2.82 bits per heavy atom. The number of H-pyrrole nitrogens is 1. The van der Waals surface area contributed by atoms with Crippen LogP contribution in [0.2, 0.25) is 0 Å². The van der Waals surface area contributed by atoms with Gasteiger partial charge in [-0.25, -0.2) is 4.39 Å². The number of hydrogen-bond donors (Lipinski definition) is 1. The molecule has 0 aliphatic heterocycles. The molecule has 2 aromatic heterocycles. The van der Waals surface area contributed by atoms with Crippen LogP contribution in [0.1, 0.15) is 18.5 Å². The highest BCUT2D eigenvalue weighted by Crippen LogP contribution is 2.21. The highest BCUT2D eigenvalue weighted by atomic mass is 32.1. The van der Waals surface area contributed by atoms with E-state index in [1.165, 1.54) is 12.1 Å². The van der Waals surface area contributed by atoms with E-state index in [1.54, 1.807) is 29.1 Å². The topological polar surface area (TPSA) is 59.1 Å². The number of halogens is 1. The van der Waals surface area contributed by atoms with Crippen LogP contribution in [0.4, 0.5) is 4.39 Å². The zero-order valence-corrected chi connectivity index (χ0v) is 12.6. The third kappa shape index (κ3) is 2.89. The Morgan fingerprint density at radius 2 is 2.09 bits per heavy atom. The minimum Gasteiger partial charge on any atom is -0.455 e. The largest absolute Gasteiger partial charge is 0.455 e. The normalized spacial score (nSPS) is 11.4. The van der Waals surface area contributed by atoms with Crippen molar-refractivity contribution in [2.45, 2.75) is 13.3 Å². The van der Waals surface area contributed by atoms with Crippen LogP contribution in [0, 0.1) is 10.6 Å². The minimum atomic E-state index is -0.279. The van der Waals surface area contributed by atoms with Gasteiger partial charge < -0.3 is 4.42 Å². The highest BCUT2D eigenvalue weighted by Gasteiger charge is 2.05. The third-order valence-electron chi connectivity index (χ3n) is 3.09. The van der Waals surface area contributed by atoms with Gasteiger partial charge >= 0.3 is 0 Å². The number of aromatic nitrogens is 3. The molecule has 3 aromatic rings. The summed E-state index contributed by atoms with van der Waals surface area (Å²) in [5.74, 6) is 1.68. The predicted molar refractivity (Wildman–Crippen MR) is 83.9 cm³/mol. The molecule has 0 saturated carbocycles. The predicted octanol–water partition coefficient (Wildman–Crippen LogP) is 3.78. The van der Waals surface area contributed by atoms with Gasteiger partial charge in [-0.1, -0.05) is 6.92 Å². The molecule has 0 radical (unpaired) electrons. The summed E-state index contributed by atoms with van der Waals surface area (Å²) in [4.78, 5) is 0. The minimum absolute atomic E-state index is 0.279. The van der Waals surface area contributed by atoms with E-state index in [1.807, 2.05) is 13.0 Å². The summed E-state index contributed by atoms with van der Waals surface area (Å²) in [5.41, 5.74) is 0.801. The van der Waals surface area contributed by atoms with E-state index in [2.05, 4.69) is 15.3 Å². The fourth-order valence-corrected chi connectivity index (χ4v) is 2.18. The average Bonchev–Trinajstić information content (AvgIpc) is 3.12. The first-order chi connectivity index (χ1) is 10.7. The summed E-state index contributed by atoms with van der Waals surface area (Å²) in [6.45, 7) is 1.97. The standard InChI is InChI=1S/C15H13FN4OS/c1-2-14-18-19-15(22)20(14)17-9-12-7-8-13(21-12)10-3-5-11(16)6-4-10/h3-9H,2H2,1H3,(H,19,22)/b17-9-. The molecule has 2 heterocycles. The van der Waals surface area contributed by atoms with Crippen LogP contribution in [-0.4, -0.2) is 21.1 Å². The molecular formula is C15H13FN4OS. The van der Waals surface area contributed by atoms with Crippen molar-refractivity contribution >= 4 is 18.4 Å². The Kier molecular flexibility index (Phi) is 3.97. The van der Waals surface area contributed by atoms with E-state index in [0.717, 1.165) is 11.4 Å². The lowest BCUT2D eigenvalue weighted by Gasteiger charge is -1.96. The van der Waals surface area contributed by atoms with Gasteiger partial charge in [0.2, 0.25) is 4.77 Å². The zero-order chi connectivity index (χ0) is 15.5. The van der Waals surface area contributed by atoms with Crippen LogP contribution in [0.5, 0.6) is 0 Å². The summed E-state index contributed by atoms with van der Waals surface area (Å²) in [7, 11) is 0.